The van der Waals surface area contributed by atoms with Crippen LogP contribution in [0.1, 0.15) is 38.4 Å². The van der Waals surface area contributed by atoms with Crippen molar-refractivity contribution in [2.45, 2.75) is 39.0 Å². The summed E-state index contributed by atoms with van der Waals surface area (Å²) in [4.78, 5) is 12.5. The Kier molecular flexibility index (Phi) is 2.87. The van der Waals surface area contributed by atoms with Gasteiger partial charge in [0.1, 0.15) is 11.2 Å². The number of carbonyl (C=O) groups is 1. The molecule has 0 N–H and O–H groups in total. The lowest BCUT2D eigenvalue weighted by Gasteiger charge is -2.49. The first-order valence-electron chi connectivity index (χ1n) is 7.13. The first kappa shape index (κ1) is 14.3. The van der Waals surface area contributed by atoms with E-state index >= 15 is 0 Å². The van der Waals surface area contributed by atoms with Crippen molar-refractivity contribution in [3.8, 4) is 6.07 Å². The summed E-state index contributed by atoms with van der Waals surface area (Å²) >= 11 is 6.34. The van der Waals surface area contributed by atoms with Crippen LogP contribution in [0.15, 0.2) is 11.6 Å². The molecule has 4 nitrogen and oxygen atoms in total. The number of aryl methyl sites for hydroxylation is 1. The van der Waals surface area contributed by atoms with Crippen LogP contribution in [-0.2, 0) is 23.7 Å². The molecule has 1 heterocycles. The minimum absolute atomic E-state index is 0.0575. The summed E-state index contributed by atoms with van der Waals surface area (Å²) < 4.78 is 1.68. The summed E-state index contributed by atoms with van der Waals surface area (Å²) in [5, 5.41) is 14.6. The highest BCUT2D eigenvalue weighted by molar-refractivity contribution is 6.30. The molecule has 0 aromatic carbocycles. The van der Waals surface area contributed by atoms with Crippen LogP contribution < -0.4 is 0 Å². The Bertz CT molecular complexity index is 723. The van der Waals surface area contributed by atoms with E-state index in [2.05, 4.69) is 18.1 Å². The van der Waals surface area contributed by atoms with Crippen molar-refractivity contribution in [1.29, 1.82) is 5.26 Å². The van der Waals surface area contributed by atoms with Crippen molar-refractivity contribution in [1.82, 2.24) is 9.78 Å². The fourth-order valence-electron chi connectivity index (χ4n) is 4.19. The highest BCUT2D eigenvalue weighted by Gasteiger charge is 2.55. The van der Waals surface area contributed by atoms with Gasteiger partial charge in [-0.25, -0.2) is 0 Å². The van der Waals surface area contributed by atoms with Gasteiger partial charge in [-0.2, -0.15) is 10.4 Å². The van der Waals surface area contributed by atoms with Crippen LogP contribution in [-0.4, -0.2) is 15.6 Å². The zero-order valence-corrected chi connectivity index (χ0v) is 13.5. The maximum absolute atomic E-state index is 12.5. The van der Waals surface area contributed by atoms with E-state index in [4.69, 9.17) is 11.6 Å². The molecule has 0 amide bonds. The van der Waals surface area contributed by atoms with Crippen molar-refractivity contribution in [3.05, 3.63) is 28.1 Å². The molecule has 2 aliphatic rings. The molecular formula is C16H18ClN3O. The van der Waals surface area contributed by atoms with Gasteiger partial charge in [0, 0.05) is 23.4 Å². The third-order valence-electron chi connectivity index (χ3n) is 5.25. The number of allylic oxidation sites excluding steroid dienone is 2. The molecule has 1 aromatic rings. The zero-order valence-electron chi connectivity index (χ0n) is 12.7. The molecule has 2 atom stereocenters. The van der Waals surface area contributed by atoms with Gasteiger partial charge in [0.15, 0.2) is 5.78 Å². The van der Waals surface area contributed by atoms with Crippen LogP contribution in [0.4, 0.5) is 0 Å². The standard InChI is InChI=1S/C16H18ClN3O/c1-15(2)11-6-5-10-12(19-20(4)14(10)17)16(11,3)7-9(8-18)13(15)21/h7,11H,5-6H2,1-4H3/t11-,16?/m0/s1. The van der Waals surface area contributed by atoms with Gasteiger partial charge in [-0.15, -0.1) is 0 Å². The normalized spacial score (nSPS) is 30.2. The van der Waals surface area contributed by atoms with Crippen molar-refractivity contribution >= 4 is 17.4 Å². The van der Waals surface area contributed by atoms with Gasteiger partial charge in [-0.1, -0.05) is 38.4 Å². The summed E-state index contributed by atoms with van der Waals surface area (Å²) in [5.74, 6) is 0.0750. The van der Waals surface area contributed by atoms with Crippen molar-refractivity contribution in [2.24, 2.45) is 18.4 Å². The van der Waals surface area contributed by atoms with E-state index in [1.807, 2.05) is 27.0 Å². The van der Waals surface area contributed by atoms with Gasteiger partial charge in [-0.05, 0) is 18.8 Å². The third kappa shape index (κ3) is 1.67. The van der Waals surface area contributed by atoms with E-state index in [-0.39, 0.29) is 17.3 Å². The average Bonchev–Trinajstić information content (AvgIpc) is 2.72. The Morgan fingerprint density at radius 3 is 2.76 bits per heavy atom. The molecule has 0 fully saturated rings. The Morgan fingerprint density at radius 1 is 1.48 bits per heavy atom. The van der Waals surface area contributed by atoms with Crippen molar-refractivity contribution < 1.29 is 4.79 Å². The van der Waals surface area contributed by atoms with Crippen molar-refractivity contribution in [2.75, 3.05) is 0 Å². The summed E-state index contributed by atoms with van der Waals surface area (Å²) in [6.07, 6.45) is 3.52. The number of halogens is 1. The molecule has 0 bridgehead atoms. The predicted molar refractivity (Wildman–Crippen MR) is 79.9 cm³/mol. The lowest BCUT2D eigenvalue weighted by Crippen LogP contribution is -2.51. The second-order valence-corrected chi connectivity index (χ2v) is 7.19. The number of fused-ring (bicyclic) bond motifs is 3. The zero-order chi connectivity index (χ0) is 15.6. The number of hydrogen-bond acceptors (Lipinski definition) is 3. The van der Waals surface area contributed by atoms with Gasteiger partial charge in [-0.3, -0.25) is 9.48 Å². The maximum Gasteiger partial charge on any atom is 0.178 e. The van der Waals surface area contributed by atoms with Crippen LogP contribution in [0.5, 0.6) is 0 Å². The second kappa shape index (κ2) is 4.20. The van der Waals surface area contributed by atoms with Gasteiger partial charge in [0.25, 0.3) is 0 Å². The summed E-state index contributed by atoms with van der Waals surface area (Å²) in [5.41, 5.74) is 1.24. The van der Waals surface area contributed by atoms with E-state index in [1.54, 1.807) is 4.68 Å². The molecule has 3 rings (SSSR count). The smallest absolute Gasteiger partial charge is 0.178 e. The third-order valence-corrected chi connectivity index (χ3v) is 5.72. The SMILES string of the molecule is Cn1nc2c(c1Cl)CC[C@H]1C(C)(C)C(=O)C(C#N)=CC21C. The monoisotopic (exact) mass is 303 g/mol. The molecule has 2 aliphatic carbocycles. The van der Waals surface area contributed by atoms with E-state index in [0.29, 0.717) is 5.15 Å². The summed E-state index contributed by atoms with van der Waals surface area (Å²) in [6, 6.07) is 2.06. The van der Waals surface area contributed by atoms with Crippen LogP contribution in [0, 0.1) is 22.7 Å². The summed E-state index contributed by atoms with van der Waals surface area (Å²) in [7, 11) is 1.83. The average molecular weight is 304 g/mol. The molecule has 0 radical (unpaired) electrons. The first-order valence-corrected chi connectivity index (χ1v) is 7.51. The fraction of sp³-hybridized carbons (Fsp3) is 0.562. The molecular weight excluding hydrogens is 286 g/mol. The number of aromatic nitrogens is 2. The number of nitriles is 1. The molecule has 21 heavy (non-hydrogen) atoms. The van der Waals surface area contributed by atoms with Gasteiger partial charge in [0.2, 0.25) is 0 Å². The number of rotatable bonds is 0. The maximum atomic E-state index is 12.5. The van der Waals surface area contributed by atoms with E-state index in [9.17, 15) is 10.1 Å². The van der Waals surface area contributed by atoms with Gasteiger partial charge < -0.3 is 0 Å². The Hall–Kier alpha value is -1.60. The lowest BCUT2D eigenvalue weighted by atomic mass is 9.52. The quantitative estimate of drug-likeness (QED) is 0.740. The number of carbonyl (C=O) groups excluding carboxylic acids is 1. The van der Waals surface area contributed by atoms with Gasteiger partial charge in [0.05, 0.1) is 11.3 Å². The largest absolute Gasteiger partial charge is 0.293 e. The lowest BCUT2D eigenvalue weighted by molar-refractivity contribution is -0.128. The topological polar surface area (TPSA) is 58.7 Å². The molecule has 0 saturated carbocycles. The van der Waals surface area contributed by atoms with E-state index < -0.39 is 10.8 Å². The highest BCUT2D eigenvalue weighted by Crippen LogP contribution is 2.54. The van der Waals surface area contributed by atoms with Crippen molar-refractivity contribution in [3.63, 3.8) is 0 Å². The number of nitrogens with zero attached hydrogens (tertiary/aromatic N) is 3. The Balaban J connectivity index is 2.30. The molecule has 0 aliphatic heterocycles. The minimum atomic E-state index is -0.559. The molecule has 1 aromatic heterocycles. The highest BCUT2D eigenvalue weighted by atomic mass is 35.5. The van der Waals surface area contributed by atoms with Crippen LogP contribution >= 0.6 is 11.6 Å². The fourth-order valence-corrected chi connectivity index (χ4v) is 4.41. The minimum Gasteiger partial charge on any atom is -0.293 e. The van der Waals surface area contributed by atoms with E-state index in [1.165, 1.54) is 0 Å². The Labute approximate surface area is 129 Å². The molecule has 0 saturated heterocycles. The van der Waals surface area contributed by atoms with Crippen LogP contribution in [0.2, 0.25) is 5.15 Å². The summed E-state index contributed by atoms with van der Waals surface area (Å²) in [6.45, 7) is 5.96. The first-order chi connectivity index (χ1) is 9.73. The molecule has 0 spiro atoms. The number of Topliss-reactive ketones (excluding diaryl/α,β-unsaturated/α-hetero) is 1. The Morgan fingerprint density at radius 2 is 2.14 bits per heavy atom. The molecule has 5 heteroatoms. The predicted octanol–water partition coefficient (Wildman–Crippen LogP) is 2.95. The molecule has 1 unspecified atom stereocenters. The second-order valence-electron chi connectivity index (χ2n) is 6.84. The number of hydrogen-bond donors (Lipinski definition) is 0. The van der Waals surface area contributed by atoms with Crippen LogP contribution in [0.25, 0.3) is 0 Å². The van der Waals surface area contributed by atoms with E-state index in [0.717, 1.165) is 24.1 Å². The van der Waals surface area contributed by atoms with Crippen LogP contribution in [0.3, 0.4) is 0 Å². The number of ketones is 1. The molecule has 110 valence electrons. The van der Waals surface area contributed by atoms with Gasteiger partial charge >= 0.3 is 0 Å².